The van der Waals surface area contributed by atoms with Gasteiger partial charge in [0.1, 0.15) is 11.6 Å². The number of alkyl halides is 3. The van der Waals surface area contributed by atoms with E-state index in [1.54, 1.807) is 11.6 Å². The molecule has 2 aromatic carbocycles. The molecule has 1 saturated heterocycles. The molecule has 0 amide bonds. The zero-order valence-corrected chi connectivity index (χ0v) is 20.6. The van der Waals surface area contributed by atoms with Crippen LogP contribution in [0, 0.1) is 5.82 Å². The lowest BCUT2D eigenvalue weighted by atomic mass is 10.0. The van der Waals surface area contributed by atoms with Crippen molar-refractivity contribution < 1.29 is 31.8 Å². The van der Waals surface area contributed by atoms with Crippen LogP contribution in [0.4, 0.5) is 28.6 Å². The molecule has 5 rings (SSSR count). The molecule has 2 aromatic heterocycles. The Balaban J connectivity index is 1.31. The van der Waals surface area contributed by atoms with Crippen molar-refractivity contribution in [2.75, 3.05) is 38.2 Å². The highest BCUT2D eigenvalue weighted by atomic mass is 32.1. The van der Waals surface area contributed by atoms with E-state index in [0.717, 1.165) is 31.0 Å². The summed E-state index contributed by atoms with van der Waals surface area (Å²) in [7, 11) is 1.68. The third-order valence-electron chi connectivity index (χ3n) is 6.06. The summed E-state index contributed by atoms with van der Waals surface area (Å²) in [5, 5.41) is 3.42. The summed E-state index contributed by atoms with van der Waals surface area (Å²) in [6.45, 7) is 3.77. The summed E-state index contributed by atoms with van der Waals surface area (Å²) >= 11 is 1.12. The fourth-order valence-corrected chi connectivity index (χ4v) is 5.10. The van der Waals surface area contributed by atoms with Gasteiger partial charge in [-0.15, -0.1) is 13.2 Å². The summed E-state index contributed by atoms with van der Waals surface area (Å²) in [6.07, 6.45) is -3.94. The lowest BCUT2D eigenvalue weighted by Gasteiger charge is -2.26. The third-order valence-corrected chi connectivity index (χ3v) is 7.00. The molecule has 196 valence electrons. The normalized spacial score (nSPS) is 14.9. The van der Waals surface area contributed by atoms with Gasteiger partial charge in [0.05, 0.1) is 40.0 Å². The SMILES string of the molecule is Cn1c(Nc2nc3ccc(OC(F)(F)F)cc3s2)nc2cc(C(=O)CCCN3CCOCC3)c(F)cc21. The van der Waals surface area contributed by atoms with Crippen LogP contribution in [0.3, 0.4) is 0 Å². The van der Waals surface area contributed by atoms with Crippen LogP contribution in [0.2, 0.25) is 0 Å². The number of aromatic nitrogens is 3. The number of morpholine rings is 1. The van der Waals surface area contributed by atoms with E-state index in [9.17, 15) is 22.4 Å². The molecule has 1 aliphatic rings. The van der Waals surface area contributed by atoms with Crippen LogP contribution in [0.1, 0.15) is 23.2 Å². The molecule has 0 saturated carbocycles. The molecule has 0 aliphatic carbocycles. The standard InChI is InChI=1S/C24H23F4N5O3S/c1-32-19-13-16(25)15(20(34)3-2-6-33-7-9-35-10-8-33)12-18(19)29-22(32)31-23-30-17-5-4-14(11-21(17)37-23)36-24(26,27)28/h4-5,11-13H,2-3,6-10H2,1H3,(H,29,30,31). The Bertz CT molecular complexity index is 1450. The van der Waals surface area contributed by atoms with Gasteiger partial charge in [-0.25, -0.2) is 14.4 Å². The Hall–Kier alpha value is -3.29. The number of Topliss-reactive ketones (excluding diaryl/α,β-unsaturated/α-hetero) is 1. The zero-order chi connectivity index (χ0) is 26.2. The first-order valence-corrected chi connectivity index (χ1v) is 12.4. The molecule has 1 N–H and O–H groups in total. The van der Waals surface area contributed by atoms with E-state index >= 15 is 0 Å². The molecule has 0 spiro atoms. The van der Waals surface area contributed by atoms with Gasteiger partial charge < -0.3 is 19.4 Å². The highest BCUT2D eigenvalue weighted by Gasteiger charge is 2.31. The number of hydrogen-bond donors (Lipinski definition) is 1. The van der Waals surface area contributed by atoms with E-state index < -0.39 is 12.2 Å². The molecule has 4 aromatic rings. The molecule has 0 unspecified atom stereocenters. The van der Waals surface area contributed by atoms with Gasteiger partial charge in [-0.1, -0.05) is 11.3 Å². The van der Waals surface area contributed by atoms with Crippen molar-refractivity contribution in [2.24, 2.45) is 7.05 Å². The number of rotatable bonds is 8. The minimum Gasteiger partial charge on any atom is -0.406 e. The van der Waals surface area contributed by atoms with E-state index in [0.29, 0.717) is 52.0 Å². The van der Waals surface area contributed by atoms with Crippen molar-refractivity contribution in [3.63, 3.8) is 0 Å². The van der Waals surface area contributed by atoms with E-state index in [1.165, 1.54) is 30.3 Å². The van der Waals surface area contributed by atoms with Crippen LogP contribution in [0.25, 0.3) is 21.3 Å². The molecule has 13 heteroatoms. The number of hydrogen-bond acceptors (Lipinski definition) is 8. The smallest absolute Gasteiger partial charge is 0.406 e. The predicted molar refractivity (Wildman–Crippen MR) is 131 cm³/mol. The molecule has 8 nitrogen and oxygen atoms in total. The molecule has 0 bridgehead atoms. The maximum atomic E-state index is 14.9. The lowest BCUT2D eigenvalue weighted by molar-refractivity contribution is -0.274. The molecular weight excluding hydrogens is 514 g/mol. The number of fused-ring (bicyclic) bond motifs is 2. The number of thiazole rings is 1. The van der Waals surface area contributed by atoms with Gasteiger partial charge >= 0.3 is 6.36 Å². The third kappa shape index (κ3) is 5.84. The number of nitrogens with zero attached hydrogens (tertiary/aromatic N) is 4. The Kier molecular flexibility index (Phi) is 7.01. The van der Waals surface area contributed by atoms with Gasteiger partial charge in [-0.2, -0.15) is 0 Å². The van der Waals surface area contributed by atoms with Crippen LogP contribution in [0.15, 0.2) is 30.3 Å². The van der Waals surface area contributed by atoms with E-state index in [1.807, 2.05) is 0 Å². The number of halogens is 4. The van der Waals surface area contributed by atoms with Crippen LogP contribution >= 0.6 is 11.3 Å². The predicted octanol–water partition coefficient (Wildman–Crippen LogP) is 5.26. The minimum absolute atomic E-state index is 0.00342. The van der Waals surface area contributed by atoms with Crippen LogP contribution in [-0.2, 0) is 11.8 Å². The average Bonchev–Trinajstić information content (AvgIpc) is 3.38. The highest BCUT2D eigenvalue weighted by Crippen LogP contribution is 2.33. The fourth-order valence-electron chi connectivity index (χ4n) is 4.21. The summed E-state index contributed by atoms with van der Waals surface area (Å²) in [4.78, 5) is 23.8. The number of anilines is 2. The highest BCUT2D eigenvalue weighted by molar-refractivity contribution is 7.22. The van der Waals surface area contributed by atoms with Gasteiger partial charge in [0.15, 0.2) is 10.9 Å². The topological polar surface area (TPSA) is 81.5 Å². The summed E-state index contributed by atoms with van der Waals surface area (Å²) in [6, 6.07) is 6.61. The van der Waals surface area contributed by atoms with E-state index in [2.05, 4.69) is 24.9 Å². The van der Waals surface area contributed by atoms with Gasteiger partial charge in [-0.3, -0.25) is 9.69 Å². The molecule has 0 radical (unpaired) electrons. The number of imidazole rings is 1. The van der Waals surface area contributed by atoms with Crippen LogP contribution in [0.5, 0.6) is 5.75 Å². The maximum Gasteiger partial charge on any atom is 0.573 e. The van der Waals surface area contributed by atoms with E-state index in [4.69, 9.17) is 4.74 Å². The van der Waals surface area contributed by atoms with Crippen molar-refractivity contribution >= 4 is 49.4 Å². The van der Waals surface area contributed by atoms with Crippen LogP contribution in [-0.4, -0.2) is 64.4 Å². The quantitative estimate of drug-likeness (QED) is 0.243. The second-order valence-corrected chi connectivity index (χ2v) is 9.65. The summed E-state index contributed by atoms with van der Waals surface area (Å²) in [5.41, 5.74) is 1.39. The van der Waals surface area contributed by atoms with Crippen molar-refractivity contribution in [1.29, 1.82) is 0 Å². The van der Waals surface area contributed by atoms with Gasteiger partial charge in [0, 0.05) is 38.7 Å². The number of ether oxygens (including phenoxy) is 2. The number of carbonyl (C=O) groups is 1. The van der Waals surface area contributed by atoms with Gasteiger partial charge in [-0.05, 0) is 31.2 Å². The second-order valence-electron chi connectivity index (χ2n) is 8.62. The number of ketones is 1. The fraction of sp³-hybridized carbons (Fsp3) is 0.375. The Morgan fingerprint density at radius 1 is 1.16 bits per heavy atom. The van der Waals surface area contributed by atoms with Crippen molar-refractivity contribution in [3.05, 3.63) is 41.7 Å². The first-order valence-electron chi connectivity index (χ1n) is 11.6. The van der Waals surface area contributed by atoms with Gasteiger partial charge in [0.25, 0.3) is 0 Å². The number of nitrogens with one attached hydrogen (secondary N) is 1. The molecule has 1 fully saturated rings. The first kappa shape index (κ1) is 25.4. The molecule has 0 atom stereocenters. The molecular formula is C24H23F4N5O3S. The first-order chi connectivity index (χ1) is 17.7. The summed E-state index contributed by atoms with van der Waals surface area (Å²) < 4.78 is 63.8. The number of benzene rings is 2. The lowest BCUT2D eigenvalue weighted by Crippen LogP contribution is -2.36. The average molecular weight is 538 g/mol. The minimum atomic E-state index is -4.79. The largest absolute Gasteiger partial charge is 0.573 e. The van der Waals surface area contributed by atoms with Crippen molar-refractivity contribution in [3.8, 4) is 5.75 Å². The van der Waals surface area contributed by atoms with Crippen molar-refractivity contribution in [2.45, 2.75) is 19.2 Å². The molecule has 1 aliphatic heterocycles. The second kappa shape index (κ2) is 10.2. The number of carbonyl (C=O) groups excluding carboxylic acids is 1. The monoisotopic (exact) mass is 537 g/mol. The van der Waals surface area contributed by atoms with Crippen LogP contribution < -0.4 is 10.1 Å². The van der Waals surface area contributed by atoms with Crippen molar-refractivity contribution in [1.82, 2.24) is 19.4 Å². The molecule has 3 heterocycles. The summed E-state index contributed by atoms with van der Waals surface area (Å²) in [5.74, 6) is -0.890. The molecule has 37 heavy (non-hydrogen) atoms. The maximum absolute atomic E-state index is 14.9. The van der Waals surface area contributed by atoms with E-state index in [-0.39, 0.29) is 23.5 Å². The van der Waals surface area contributed by atoms with Gasteiger partial charge in [0.2, 0.25) is 5.95 Å². The zero-order valence-electron chi connectivity index (χ0n) is 19.8. The Morgan fingerprint density at radius 2 is 1.95 bits per heavy atom. The Morgan fingerprint density at radius 3 is 2.70 bits per heavy atom. The number of aryl methyl sites for hydroxylation is 1. The Labute approximate surface area is 212 Å².